The molecule has 1 aromatic rings. The van der Waals surface area contributed by atoms with Crippen molar-refractivity contribution in [2.75, 3.05) is 18.9 Å². The van der Waals surface area contributed by atoms with E-state index in [0.29, 0.717) is 24.4 Å². The van der Waals surface area contributed by atoms with Crippen molar-refractivity contribution in [1.82, 2.24) is 5.32 Å². The number of hydrogen-bond acceptors (Lipinski definition) is 4. The van der Waals surface area contributed by atoms with Gasteiger partial charge in [-0.3, -0.25) is 4.79 Å². The average Bonchev–Trinajstić information content (AvgIpc) is 2.69. The van der Waals surface area contributed by atoms with Crippen LogP contribution in [0.4, 0.5) is 5.69 Å². The molecule has 1 amide bonds. The van der Waals surface area contributed by atoms with Crippen LogP contribution in [0.1, 0.15) is 29.8 Å². The van der Waals surface area contributed by atoms with E-state index in [4.69, 9.17) is 15.2 Å². The van der Waals surface area contributed by atoms with Gasteiger partial charge in [-0.1, -0.05) is 0 Å². The van der Waals surface area contributed by atoms with Crippen LogP contribution in [-0.4, -0.2) is 30.9 Å². The lowest BCUT2D eigenvalue weighted by molar-refractivity contribution is -0.137. The van der Waals surface area contributed by atoms with Crippen LogP contribution in [-0.2, 0) is 9.47 Å². The molecule has 1 unspecified atom stereocenters. The average molecular weight is 264 g/mol. The quantitative estimate of drug-likeness (QED) is 0.811. The Hall–Kier alpha value is -1.59. The fraction of sp³-hybridized carbons (Fsp3) is 0.500. The number of benzene rings is 1. The highest BCUT2D eigenvalue weighted by molar-refractivity contribution is 5.94. The van der Waals surface area contributed by atoms with Crippen LogP contribution in [0.15, 0.2) is 18.2 Å². The van der Waals surface area contributed by atoms with Gasteiger partial charge in [0.1, 0.15) is 6.10 Å². The van der Waals surface area contributed by atoms with Gasteiger partial charge in [-0.2, -0.15) is 0 Å². The van der Waals surface area contributed by atoms with Crippen molar-refractivity contribution in [2.24, 2.45) is 0 Å². The van der Waals surface area contributed by atoms with E-state index < -0.39 is 5.79 Å². The van der Waals surface area contributed by atoms with Gasteiger partial charge < -0.3 is 20.5 Å². The molecule has 3 N–H and O–H groups in total. The summed E-state index contributed by atoms with van der Waals surface area (Å²) >= 11 is 0. The van der Waals surface area contributed by atoms with Crippen molar-refractivity contribution in [1.29, 1.82) is 0 Å². The third kappa shape index (κ3) is 3.45. The fourth-order valence-electron chi connectivity index (χ4n) is 1.99. The van der Waals surface area contributed by atoms with Gasteiger partial charge in [-0.05, 0) is 44.5 Å². The van der Waals surface area contributed by atoms with Crippen LogP contribution in [0.5, 0.6) is 0 Å². The number of anilines is 1. The summed E-state index contributed by atoms with van der Waals surface area (Å²) in [5, 5.41) is 2.84. The van der Waals surface area contributed by atoms with E-state index >= 15 is 0 Å². The summed E-state index contributed by atoms with van der Waals surface area (Å²) < 4.78 is 11.1. The summed E-state index contributed by atoms with van der Waals surface area (Å²) in [6.45, 7) is 6.53. The minimum atomic E-state index is -0.562. The molecule has 0 aliphatic carbocycles. The number of rotatable bonds is 3. The molecule has 1 aliphatic heterocycles. The van der Waals surface area contributed by atoms with Crippen LogP contribution >= 0.6 is 0 Å². The molecule has 0 bridgehead atoms. The maximum absolute atomic E-state index is 12.0. The first-order valence-corrected chi connectivity index (χ1v) is 6.33. The van der Waals surface area contributed by atoms with E-state index in [9.17, 15) is 4.79 Å². The molecule has 1 heterocycles. The summed E-state index contributed by atoms with van der Waals surface area (Å²) in [4.78, 5) is 12.0. The lowest BCUT2D eigenvalue weighted by Crippen LogP contribution is -2.34. The van der Waals surface area contributed by atoms with E-state index in [1.807, 2.05) is 20.8 Å². The molecule has 1 aliphatic rings. The highest BCUT2D eigenvalue weighted by Crippen LogP contribution is 2.21. The number of nitrogens with one attached hydrogen (secondary N) is 1. The van der Waals surface area contributed by atoms with E-state index in [0.717, 1.165) is 5.56 Å². The maximum atomic E-state index is 12.0. The largest absolute Gasteiger partial charge is 0.399 e. The van der Waals surface area contributed by atoms with Gasteiger partial charge in [0.2, 0.25) is 0 Å². The number of aryl methyl sites for hydroxylation is 1. The van der Waals surface area contributed by atoms with Crippen molar-refractivity contribution < 1.29 is 14.3 Å². The van der Waals surface area contributed by atoms with Crippen LogP contribution in [0, 0.1) is 6.92 Å². The Kier molecular flexibility index (Phi) is 3.78. The van der Waals surface area contributed by atoms with Crippen molar-refractivity contribution >= 4 is 11.6 Å². The number of nitrogens with two attached hydrogens (primary N) is 1. The Labute approximate surface area is 113 Å². The number of amides is 1. The second-order valence-electron chi connectivity index (χ2n) is 5.23. The monoisotopic (exact) mass is 264 g/mol. The van der Waals surface area contributed by atoms with E-state index in [1.165, 1.54) is 0 Å². The Morgan fingerprint density at radius 2 is 2.26 bits per heavy atom. The standard InChI is InChI=1S/C14H20N2O3/c1-9-6-10(4-5-12(9)15)13(17)16-7-11-8-18-14(2,3)19-11/h4-6,11H,7-8,15H2,1-3H3,(H,16,17). The first kappa shape index (κ1) is 13.8. The molecule has 0 radical (unpaired) electrons. The molecule has 0 saturated carbocycles. The molecule has 104 valence electrons. The van der Waals surface area contributed by atoms with Crippen LogP contribution < -0.4 is 11.1 Å². The van der Waals surface area contributed by atoms with Crippen molar-refractivity contribution in [2.45, 2.75) is 32.7 Å². The van der Waals surface area contributed by atoms with E-state index in [2.05, 4.69) is 5.32 Å². The van der Waals surface area contributed by atoms with Crippen LogP contribution in [0.3, 0.4) is 0 Å². The third-order valence-corrected chi connectivity index (χ3v) is 3.09. The zero-order chi connectivity index (χ0) is 14.0. The van der Waals surface area contributed by atoms with Gasteiger partial charge >= 0.3 is 0 Å². The highest BCUT2D eigenvalue weighted by atomic mass is 16.7. The fourth-order valence-corrected chi connectivity index (χ4v) is 1.99. The molecular weight excluding hydrogens is 244 g/mol. The molecule has 1 fully saturated rings. The Balaban J connectivity index is 1.89. The summed E-state index contributed by atoms with van der Waals surface area (Å²) in [5.74, 6) is -0.691. The van der Waals surface area contributed by atoms with Crippen molar-refractivity contribution in [3.63, 3.8) is 0 Å². The Bertz CT molecular complexity index is 486. The van der Waals surface area contributed by atoms with Crippen molar-refractivity contribution in [3.05, 3.63) is 29.3 Å². The molecule has 1 aromatic carbocycles. The third-order valence-electron chi connectivity index (χ3n) is 3.09. The number of nitrogen functional groups attached to an aromatic ring is 1. The smallest absolute Gasteiger partial charge is 0.251 e. The number of carbonyl (C=O) groups is 1. The van der Waals surface area contributed by atoms with E-state index in [-0.39, 0.29) is 12.0 Å². The predicted molar refractivity (Wildman–Crippen MR) is 72.8 cm³/mol. The van der Waals surface area contributed by atoms with Crippen LogP contribution in [0.25, 0.3) is 0 Å². The molecule has 5 heteroatoms. The molecule has 0 spiro atoms. The van der Waals surface area contributed by atoms with Gasteiger partial charge in [0.15, 0.2) is 5.79 Å². The molecular formula is C14H20N2O3. The van der Waals surface area contributed by atoms with Crippen molar-refractivity contribution in [3.8, 4) is 0 Å². The number of carbonyl (C=O) groups excluding carboxylic acids is 1. The summed E-state index contributed by atoms with van der Waals surface area (Å²) in [7, 11) is 0. The van der Waals surface area contributed by atoms with Gasteiger partial charge in [0.05, 0.1) is 6.61 Å². The van der Waals surface area contributed by atoms with Gasteiger partial charge in [-0.25, -0.2) is 0 Å². The molecule has 2 rings (SSSR count). The zero-order valence-corrected chi connectivity index (χ0v) is 11.5. The van der Waals surface area contributed by atoms with Gasteiger partial charge in [0, 0.05) is 17.8 Å². The van der Waals surface area contributed by atoms with E-state index in [1.54, 1.807) is 18.2 Å². The normalized spacial score (nSPS) is 21.3. The lowest BCUT2D eigenvalue weighted by atomic mass is 10.1. The molecule has 0 aromatic heterocycles. The topological polar surface area (TPSA) is 73.6 Å². The Morgan fingerprint density at radius 1 is 1.53 bits per heavy atom. The zero-order valence-electron chi connectivity index (χ0n) is 11.5. The highest BCUT2D eigenvalue weighted by Gasteiger charge is 2.32. The molecule has 19 heavy (non-hydrogen) atoms. The number of ether oxygens (including phenoxy) is 2. The number of hydrogen-bond donors (Lipinski definition) is 2. The summed E-state index contributed by atoms with van der Waals surface area (Å²) in [5.41, 5.74) is 7.91. The molecule has 5 nitrogen and oxygen atoms in total. The lowest BCUT2D eigenvalue weighted by Gasteiger charge is -2.17. The van der Waals surface area contributed by atoms with Gasteiger partial charge in [-0.15, -0.1) is 0 Å². The summed E-state index contributed by atoms with van der Waals surface area (Å²) in [6, 6.07) is 5.23. The second-order valence-corrected chi connectivity index (χ2v) is 5.23. The van der Waals surface area contributed by atoms with Gasteiger partial charge in [0.25, 0.3) is 5.91 Å². The molecule has 1 atom stereocenters. The first-order chi connectivity index (χ1) is 8.87. The predicted octanol–water partition coefficient (Wildman–Crippen LogP) is 1.46. The maximum Gasteiger partial charge on any atom is 0.251 e. The molecule has 1 saturated heterocycles. The second kappa shape index (κ2) is 5.19. The summed E-state index contributed by atoms with van der Waals surface area (Å²) in [6.07, 6.45) is -0.103. The van der Waals surface area contributed by atoms with Crippen LogP contribution in [0.2, 0.25) is 0 Å². The first-order valence-electron chi connectivity index (χ1n) is 6.33. The Morgan fingerprint density at radius 3 is 2.84 bits per heavy atom. The minimum Gasteiger partial charge on any atom is -0.399 e. The minimum absolute atomic E-state index is 0.103. The SMILES string of the molecule is Cc1cc(C(=O)NCC2COC(C)(C)O2)ccc1N.